The largest absolute Gasteiger partial charge is 0.522 e. The fraction of sp³-hybridized carbons (Fsp3) is 0.419. The lowest BCUT2D eigenvalue weighted by molar-refractivity contribution is -0.128. The average Bonchev–Trinajstić information content (AvgIpc) is 2.97. The van der Waals surface area contributed by atoms with Crippen molar-refractivity contribution < 1.29 is 45.2 Å². The van der Waals surface area contributed by atoms with Crippen molar-refractivity contribution in [3.8, 4) is 11.5 Å². The van der Waals surface area contributed by atoms with Gasteiger partial charge in [-0.25, -0.2) is 0 Å². The van der Waals surface area contributed by atoms with E-state index in [-0.39, 0.29) is 16.8 Å². The number of halogens is 3. The van der Waals surface area contributed by atoms with Crippen LogP contribution in [0.4, 0.5) is 13.2 Å². The van der Waals surface area contributed by atoms with E-state index in [1.165, 1.54) is 11.8 Å². The fourth-order valence-corrected chi connectivity index (χ4v) is 5.01. The van der Waals surface area contributed by atoms with Crippen molar-refractivity contribution in [1.82, 2.24) is 0 Å². The van der Waals surface area contributed by atoms with E-state index in [0.29, 0.717) is 32.5 Å². The number of ether oxygens (including phenoxy) is 2. The van der Waals surface area contributed by atoms with Crippen LogP contribution in [0.3, 0.4) is 0 Å². The second-order valence-electron chi connectivity index (χ2n) is 9.56. The van der Waals surface area contributed by atoms with E-state index in [2.05, 4.69) is 13.8 Å². The quantitative estimate of drug-likeness (QED) is 0.134. The van der Waals surface area contributed by atoms with Crippen LogP contribution in [0.15, 0.2) is 71.6 Å². The summed E-state index contributed by atoms with van der Waals surface area (Å²) < 4.78 is 69.5. The minimum absolute atomic E-state index is 0.168. The van der Waals surface area contributed by atoms with Crippen molar-refractivity contribution in [2.45, 2.75) is 74.4 Å². The monoisotopic (exact) mass is 642 g/mol. The van der Waals surface area contributed by atoms with Crippen LogP contribution in [0, 0.1) is 0 Å². The number of unbranched alkanes of at least 4 members (excludes halogenated alkanes) is 2. The van der Waals surface area contributed by atoms with Gasteiger partial charge in [0.15, 0.2) is 0 Å². The number of hydrogen-bond donors (Lipinski definition) is 1. The van der Waals surface area contributed by atoms with Crippen LogP contribution in [0.1, 0.15) is 58.8 Å². The first-order valence-corrected chi connectivity index (χ1v) is 16.3. The van der Waals surface area contributed by atoms with Gasteiger partial charge in [0.1, 0.15) is 23.1 Å². The molecule has 0 heterocycles. The third-order valence-electron chi connectivity index (χ3n) is 6.08. The molecule has 3 aromatic rings. The van der Waals surface area contributed by atoms with Gasteiger partial charge in [0.25, 0.3) is 0 Å². The molecule has 1 atom stereocenters. The van der Waals surface area contributed by atoms with E-state index in [1.54, 1.807) is 0 Å². The van der Waals surface area contributed by atoms with Crippen molar-refractivity contribution >= 4 is 44.2 Å². The zero-order chi connectivity index (χ0) is 31.9. The number of ketones is 2. The average molecular weight is 643 g/mol. The topological polar surface area (TPSA) is 107 Å². The Bertz CT molecular complexity index is 1390. The Hall–Kier alpha value is -3.09. The van der Waals surface area contributed by atoms with Crippen molar-refractivity contribution in [2.75, 3.05) is 13.2 Å². The SMILES string of the molecule is CCCCOc1ccc2c(OCCCC)ccc(SC3CC(=O)CCC3=O)c2c1.O=S(=O)(O)C(F)(F)F.c1ccccc1. The first kappa shape index (κ1) is 36.1. The summed E-state index contributed by atoms with van der Waals surface area (Å²) in [6, 6.07) is 22.0. The molecular formula is C31H37F3O7S2. The molecule has 0 saturated heterocycles. The standard InChI is InChI=1S/C24H30O4S.C6H6.CHF3O3S/c1-3-5-13-27-18-8-9-19-20(16-18)23(12-11-22(19)28-14-6-4-2)29-24-15-17(25)7-10-21(24)26;1-2-4-6-5-3-1;2-1(3,4)8(5,6)7/h8-9,11-12,16,24H,3-7,10,13-15H2,1-2H3;1-6H;(H,5,6,7). The van der Waals surface area contributed by atoms with E-state index in [9.17, 15) is 22.8 Å². The summed E-state index contributed by atoms with van der Waals surface area (Å²) in [4.78, 5) is 25.2. The molecule has 0 radical (unpaired) electrons. The number of alkyl halides is 3. The van der Waals surface area contributed by atoms with Crippen LogP contribution in [0.25, 0.3) is 10.8 Å². The van der Waals surface area contributed by atoms with Crippen LogP contribution >= 0.6 is 11.8 Å². The maximum absolute atomic E-state index is 12.3. The first-order chi connectivity index (χ1) is 20.4. The molecule has 1 aliphatic carbocycles. The number of carbonyl (C=O) groups excluding carboxylic acids is 2. The normalized spacial score (nSPS) is 15.2. The fourth-order valence-electron chi connectivity index (χ4n) is 3.74. The minimum Gasteiger partial charge on any atom is -0.494 e. The molecule has 0 bridgehead atoms. The van der Waals surface area contributed by atoms with Gasteiger partial charge in [0.05, 0.1) is 18.5 Å². The maximum Gasteiger partial charge on any atom is 0.522 e. The Balaban J connectivity index is 0.000000378. The molecule has 1 fully saturated rings. The molecule has 1 aliphatic rings. The number of hydrogen-bond acceptors (Lipinski definition) is 7. The van der Waals surface area contributed by atoms with Gasteiger partial charge in [-0.2, -0.15) is 21.6 Å². The van der Waals surface area contributed by atoms with E-state index in [0.717, 1.165) is 52.9 Å². The molecule has 236 valence electrons. The van der Waals surface area contributed by atoms with Gasteiger partial charge in [-0.1, -0.05) is 63.1 Å². The summed E-state index contributed by atoms with van der Waals surface area (Å²) in [5, 5.41) is 1.74. The Morgan fingerprint density at radius 1 is 0.860 bits per heavy atom. The van der Waals surface area contributed by atoms with E-state index >= 15 is 0 Å². The number of rotatable bonds is 10. The molecule has 43 heavy (non-hydrogen) atoms. The van der Waals surface area contributed by atoms with Gasteiger partial charge in [-0.3, -0.25) is 14.1 Å². The van der Waals surface area contributed by atoms with Crippen molar-refractivity contribution in [3.63, 3.8) is 0 Å². The number of thioether (sulfide) groups is 1. The number of Topliss-reactive ketones (excluding diaryl/α,β-unsaturated/α-hetero) is 2. The Morgan fingerprint density at radius 2 is 1.42 bits per heavy atom. The van der Waals surface area contributed by atoms with E-state index < -0.39 is 15.6 Å². The summed E-state index contributed by atoms with van der Waals surface area (Å²) in [5.74, 6) is 2.02. The summed E-state index contributed by atoms with van der Waals surface area (Å²) in [7, 11) is -5.84. The van der Waals surface area contributed by atoms with Crippen LogP contribution in [-0.4, -0.2) is 48.5 Å². The lowest BCUT2D eigenvalue weighted by Crippen LogP contribution is -2.27. The van der Waals surface area contributed by atoms with Crippen molar-refractivity contribution in [1.29, 1.82) is 0 Å². The number of fused-ring (bicyclic) bond motifs is 1. The number of carbonyl (C=O) groups is 2. The molecule has 1 N–H and O–H groups in total. The summed E-state index contributed by atoms with van der Waals surface area (Å²) in [6.07, 6.45) is 5.26. The summed E-state index contributed by atoms with van der Waals surface area (Å²) in [5.41, 5.74) is -5.53. The van der Waals surface area contributed by atoms with Gasteiger partial charge < -0.3 is 9.47 Å². The van der Waals surface area contributed by atoms with Crippen molar-refractivity contribution in [3.05, 3.63) is 66.7 Å². The molecule has 0 aromatic heterocycles. The second kappa shape index (κ2) is 17.9. The zero-order valence-corrected chi connectivity index (χ0v) is 25.8. The highest BCUT2D eigenvalue weighted by atomic mass is 32.2. The summed E-state index contributed by atoms with van der Waals surface area (Å²) >= 11 is 1.50. The Labute approximate surface area is 254 Å². The second-order valence-corrected chi connectivity index (χ2v) is 12.2. The summed E-state index contributed by atoms with van der Waals surface area (Å²) in [6.45, 7) is 5.65. The molecular weight excluding hydrogens is 605 g/mol. The van der Waals surface area contributed by atoms with Gasteiger partial charge >= 0.3 is 15.6 Å². The Kier molecular flexibility index (Phi) is 15.0. The molecule has 12 heteroatoms. The van der Waals surface area contributed by atoms with E-state index in [1.807, 2.05) is 66.7 Å². The van der Waals surface area contributed by atoms with Crippen LogP contribution in [0.5, 0.6) is 11.5 Å². The lowest BCUT2D eigenvalue weighted by Gasteiger charge is -2.21. The molecule has 1 saturated carbocycles. The van der Waals surface area contributed by atoms with Gasteiger partial charge in [0, 0.05) is 34.9 Å². The minimum atomic E-state index is -5.84. The molecule has 1 unspecified atom stereocenters. The van der Waals surface area contributed by atoms with Gasteiger partial charge in [-0.15, -0.1) is 11.8 Å². The van der Waals surface area contributed by atoms with Crippen LogP contribution in [0.2, 0.25) is 0 Å². The molecule has 0 aliphatic heterocycles. The maximum atomic E-state index is 12.3. The Morgan fingerprint density at radius 3 is 1.95 bits per heavy atom. The van der Waals surface area contributed by atoms with Gasteiger partial charge in [-0.05, 0) is 43.2 Å². The van der Waals surface area contributed by atoms with Crippen LogP contribution < -0.4 is 9.47 Å². The highest BCUT2D eigenvalue weighted by molar-refractivity contribution is 8.00. The highest BCUT2D eigenvalue weighted by Crippen LogP contribution is 2.40. The molecule has 3 aromatic carbocycles. The third-order valence-corrected chi connectivity index (χ3v) is 7.99. The number of benzene rings is 3. The smallest absolute Gasteiger partial charge is 0.494 e. The van der Waals surface area contributed by atoms with Crippen LogP contribution in [-0.2, 0) is 19.7 Å². The predicted octanol–water partition coefficient (Wildman–Crippen LogP) is 8.06. The van der Waals surface area contributed by atoms with Gasteiger partial charge in [0.2, 0.25) is 0 Å². The molecule has 0 amide bonds. The zero-order valence-electron chi connectivity index (χ0n) is 24.1. The lowest BCUT2D eigenvalue weighted by atomic mass is 9.98. The molecule has 0 spiro atoms. The molecule has 4 rings (SSSR count). The van der Waals surface area contributed by atoms with Crippen molar-refractivity contribution in [2.24, 2.45) is 0 Å². The first-order valence-electron chi connectivity index (χ1n) is 13.9. The highest BCUT2D eigenvalue weighted by Gasteiger charge is 2.44. The third kappa shape index (κ3) is 12.6. The predicted molar refractivity (Wildman–Crippen MR) is 162 cm³/mol. The molecule has 7 nitrogen and oxygen atoms in total. The van der Waals surface area contributed by atoms with E-state index in [4.69, 9.17) is 22.4 Å².